The fourth-order valence-corrected chi connectivity index (χ4v) is 2.42. The van der Waals surface area contributed by atoms with Crippen LogP contribution in [0.5, 0.6) is 0 Å². The van der Waals surface area contributed by atoms with Crippen LogP contribution in [0.1, 0.15) is 31.2 Å². The highest BCUT2D eigenvalue weighted by atomic mass is 79.9. The van der Waals surface area contributed by atoms with Crippen LogP contribution in [-0.2, 0) is 20.8 Å². The van der Waals surface area contributed by atoms with E-state index in [0.29, 0.717) is 19.8 Å². The zero-order chi connectivity index (χ0) is 13.3. The molecule has 106 valence electrons. The van der Waals surface area contributed by atoms with Gasteiger partial charge < -0.3 is 14.2 Å². The summed E-state index contributed by atoms with van der Waals surface area (Å²) in [5.74, 6) is 0. The van der Waals surface area contributed by atoms with E-state index in [2.05, 4.69) is 22.0 Å². The molecule has 1 aliphatic rings. The first-order chi connectivity index (χ1) is 9.36. The van der Waals surface area contributed by atoms with E-state index in [1.807, 2.05) is 18.2 Å². The van der Waals surface area contributed by atoms with Crippen LogP contribution in [0.25, 0.3) is 0 Å². The summed E-state index contributed by atoms with van der Waals surface area (Å²) in [5.41, 5.74) is 1.18. The molecule has 1 aromatic rings. The molecule has 1 unspecified atom stereocenters. The Bertz CT molecular complexity index is 364. The normalized spacial score (nSPS) is 19.5. The third kappa shape index (κ3) is 5.61. The molecule has 1 aliphatic heterocycles. The second-order valence-electron chi connectivity index (χ2n) is 4.66. The Kier molecular flexibility index (Phi) is 6.85. The Morgan fingerprint density at radius 2 is 2.11 bits per heavy atom. The summed E-state index contributed by atoms with van der Waals surface area (Å²) in [5, 5.41) is 0. The average molecular weight is 329 g/mol. The van der Waals surface area contributed by atoms with Gasteiger partial charge in [0.25, 0.3) is 0 Å². The van der Waals surface area contributed by atoms with Gasteiger partial charge in [0.2, 0.25) is 0 Å². The summed E-state index contributed by atoms with van der Waals surface area (Å²) in [6.45, 7) is 2.90. The SMILES string of the molecule is Brc1ccccc1COCCCOC1CCCCO1. The van der Waals surface area contributed by atoms with Crippen LogP contribution >= 0.6 is 15.9 Å². The van der Waals surface area contributed by atoms with E-state index < -0.39 is 0 Å². The van der Waals surface area contributed by atoms with Crippen LogP contribution in [0.2, 0.25) is 0 Å². The van der Waals surface area contributed by atoms with Crippen molar-refractivity contribution in [2.24, 2.45) is 0 Å². The molecule has 2 rings (SSSR count). The number of rotatable bonds is 7. The molecule has 19 heavy (non-hydrogen) atoms. The van der Waals surface area contributed by atoms with E-state index in [9.17, 15) is 0 Å². The first-order valence-electron chi connectivity index (χ1n) is 6.90. The van der Waals surface area contributed by atoms with Crippen LogP contribution in [0.4, 0.5) is 0 Å². The zero-order valence-electron chi connectivity index (χ0n) is 11.1. The number of hydrogen-bond donors (Lipinski definition) is 0. The van der Waals surface area contributed by atoms with Gasteiger partial charge in [-0.2, -0.15) is 0 Å². The van der Waals surface area contributed by atoms with Crippen molar-refractivity contribution in [3.63, 3.8) is 0 Å². The maximum Gasteiger partial charge on any atom is 0.157 e. The minimum absolute atomic E-state index is 0.0111. The lowest BCUT2D eigenvalue weighted by Gasteiger charge is -2.22. The van der Waals surface area contributed by atoms with Crippen LogP contribution in [0.15, 0.2) is 28.7 Å². The molecule has 1 aromatic carbocycles. The largest absolute Gasteiger partial charge is 0.377 e. The van der Waals surface area contributed by atoms with Gasteiger partial charge in [-0.25, -0.2) is 0 Å². The van der Waals surface area contributed by atoms with Crippen LogP contribution in [0.3, 0.4) is 0 Å². The Hall–Kier alpha value is -0.420. The Morgan fingerprint density at radius 3 is 2.89 bits per heavy atom. The molecule has 1 fully saturated rings. The van der Waals surface area contributed by atoms with E-state index in [4.69, 9.17) is 14.2 Å². The molecular formula is C15H21BrO3. The molecule has 0 spiro atoms. The fourth-order valence-electron chi connectivity index (χ4n) is 2.02. The second kappa shape index (κ2) is 8.69. The van der Waals surface area contributed by atoms with Crippen molar-refractivity contribution in [1.29, 1.82) is 0 Å². The van der Waals surface area contributed by atoms with E-state index in [0.717, 1.165) is 30.3 Å². The zero-order valence-corrected chi connectivity index (χ0v) is 12.7. The Labute approximate surface area is 123 Å². The molecule has 3 nitrogen and oxygen atoms in total. The molecule has 1 saturated heterocycles. The predicted octanol–water partition coefficient (Wildman–Crippen LogP) is 3.90. The third-order valence-corrected chi connectivity index (χ3v) is 3.86. The van der Waals surface area contributed by atoms with Crippen molar-refractivity contribution in [2.75, 3.05) is 19.8 Å². The number of hydrogen-bond acceptors (Lipinski definition) is 3. The first-order valence-corrected chi connectivity index (χ1v) is 7.70. The van der Waals surface area contributed by atoms with Crippen molar-refractivity contribution in [1.82, 2.24) is 0 Å². The molecule has 0 aliphatic carbocycles. The molecular weight excluding hydrogens is 308 g/mol. The van der Waals surface area contributed by atoms with Crippen LogP contribution in [0, 0.1) is 0 Å². The fraction of sp³-hybridized carbons (Fsp3) is 0.600. The lowest BCUT2D eigenvalue weighted by Crippen LogP contribution is -2.23. The maximum atomic E-state index is 5.65. The third-order valence-electron chi connectivity index (χ3n) is 3.09. The summed E-state index contributed by atoms with van der Waals surface area (Å²) in [6.07, 6.45) is 4.32. The number of halogens is 1. The molecule has 0 radical (unpaired) electrons. The summed E-state index contributed by atoms with van der Waals surface area (Å²) in [4.78, 5) is 0. The first kappa shape index (κ1) is 15.0. The number of ether oxygens (including phenoxy) is 3. The van der Waals surface area contributed by atoms with Crippen LogP contribution < -0.4 is 0 Å². The predicted molar refractivity (Wildman–Crippen MR) is 78.0 cm³/mol. The number of benzene rings is 1. The molecule has 0 N–H and O–H groups in total. The molecule has 0 saturated carbocycles. The second-order valence-corrected chi connectivity index (χ2v) is 5.52. The van der Waals surface area contributed by atoms with Crippen molar-refractivity contribution in [3.05, 3.63) is 34.3 Å². The van der Waals surface area contributed by atoms with Crippen LogP contribution in [-0.4, -0.2) is 26.1 Å². The molecule has 1 heterocycles. The van der Waals surface area contributed by atoms with E-state index in [-0.39, 0.29) is 6.29 Å². The van der Waals surface area contributed by atoms with Gasteiger partial charge in [-0.3, -0.25) is 0 Å². The average Bonchev–Trinajstić information content (AvgIpc) is 2.45. The van der Waals surface area contributed by atoms with E-state index in [1.165, 1.54) is 12.0 Å². The summed E-state index contributed by atoms with van der Waals surface area (Å²) >= 11 is 3.51. The van der Waals surface area contributed by atoms with Gasteiger partial charge in [0.05, 0.1) is 13.2 Å². The lowest BCUT2D eigenvalue weighted by atomic mass is 10.2. The van der Waals surface area contributed by atoms with Gasteiger partial charge in [-0.05, 0) is 37.3 Å². The molecule has 4 heteroatoms. The lowest BCUT2D eigenvalue weighted by molar-refractivity contribution is -0.164. The van der Waals surface area contributed by atoms with Gasteiger partial charge in [-0.15, -0.1) is 0 Å². The standard InChI is InChI=1S/C15H21BrO3/c16-14-7-2-1-6-13(14)12-17-9-5-11-19-15-8-3-4-10-18-15/h1-2,6-7,15H,3-5,8-12H2. The Morgan fingerprint density at radius 1 is 1.21 bits per heavy atom. The quantitative estimate of drug-likeness (QED) is 0.710. The monoisotopic (exact) mass is 328 g/mol. The topological polar surface area (TPSA) is 27.7 Å². The summed E-state index contributed by atoms with van der Waals surface area (Å²) in [7, 11) is 0. The smallest absolute Gasteiger partial charge is 0.157 e. The minimum atomic E-state index is 0.0111. The van der Waals surface area contributed by atoms with Gasteiger partial charge in [0.15, 0.2) is 6.29 Å². The van der Waals surface area contributed by atoms with Gasteiger partial charge in [0, 0.05) is 17.7 Å². The highest BCUT2D eigenvalue weighted by Gasteiger charge is 2.13. The summed E-state index contributed by atoms with van der Waals surface area (Å²) < 4.78 is 17.9. The summed E-state index contributed by atoms with van der Waals surface area (Å²) in [6, 6.07) is 8.12. The van der Waals surface area contributed by atoms with Gasteiger partial charge in [0.1, 0.15) is 0 Å². The van der Waals surface area contributed by atoms with Crippen molar-refractivity contribution < 1.29 is 14.2 Å². The highest BCUT2D eigenvalue weighted by Crippen LogP contribution is 2.17. The highest BCUT2D eigenvalue weighted by molar-refractivity contribution is 9.10. The maximum absolute atomic E-state index is 5.65. The van der Waals surface area contributed by atoms with E-state index >= 15 is 0 Å². The molecule has 0 amide bonds. The van der Waals surface area contributed by atoms with E-state index in [1.54, 1.807) is 0 Å². The molecule has 1 atom stereocenters. The Balaban J connectivity index is 1.51. The van der Waals surface area contributed by atoms with Gasteiger partial charge in [-0.1, -0.05) is 34.1 Å². The van der Waals surface area contributed by atoms with Crippen molar-refractivity contribution in [2.45, 2.75) is 38.6 Å². The van der Waals surface area contributed by atoms with Crippen molar-refractivity contribution >= 4 is 15.9 Å². The minimum Gasteiger partial charge on any atom is -0.377 e. The van der Waals surface area contributed by atoms with Gasteiger partial charge >= 0.3 is 0 Å². The molecule has 0 bridgehead atoms. The van der Waals surface area contributed by atoms with Crippen molar-refractivity contribution in [3.8, 4) is 0 Å². The molecule has 0 aromatic heterocycles.